The Labute approximate surface area is 87.5 Å². The van der Waals surface area contributed by atoms with Gasteiger partial charge < -0.3 is 9.47 Å². The van der Waals surface area contributed by atoms with Crippen molar-refractivity contribution in [2.75, 3.05) is 13.2 Å². The number of hydrogen-bond donors (Lipinski definition) is 0. The minimum atomic E-state index is 0.0463. The molecule has 2 nitrogen and oxygen atoms in total. The van der Waals surface area contributed by atoms with Crippen molar-refractivity contribution >= 4 is 22.6 Å². The second-order valence-corrected chi connectivity index (χ2v) is 3.69. The van der Waals surface area contributed by atoms with Crippen molar-refractivity contribution in [3.05, 3.63) is 9.66 Å². The molecule has 1 aliphatic heterocycles. The van der Waals surface area contributed by atoms with Crippen LogP contribution in [0.1, 0.15) is 26.2 Å². The van der Waals surface area contributed by atoms with E-state index in [1.54, 1.807) is 0 Å². The fourth-order valence-corrected chi connectivity index (χ4v) is 1.28. The number of halogens is 1. The normalized spacial score (nSPS) is 25.8. The third kappa shape index (κ3) is 3.87. The summed E-state index contributed by atoms with van der Waals surface area (Å²) in [6, 6.07) is 0. The van der Waals surface area contributed by atoms with E-state index in [4.69, 9.17) is 9.47 Å². The summed E-state index contributed by atoms with van der Waals surface area (Å²) in [5.74, 6) is 0. The Balaban J connectivity index is 2.13. The molecule has 1 unspecified atom stereocenters. The van der Waals surface area contributed by atoms with Crippen molar-refractivity contribution in [2.45, 2.75) is 32.5 Å². The summed E-state index contributed by atoms with van der Waals surface area (Å²) in [4.78, 5) is 0. The number of hydrogen-bond acceptors (Lipinski definition) is 2. The van der Waals surface area contributed by atoms with Crippen molar-refractivity contribution < 1.29 is 9.47 Å². The smallest absolute Gasteiger partial charge is 0.158 e. The summed E-state index contributed by atoms with van der Waals surface area (Å²) in [5, 5.41) is 0. The van der Waals surface area contributed by atoms with Crippen LogP contribution in [0, 0.1) is 0 Å². The minimum Gasteiger partial charge on any atom is -0.353 e. The van der Waals surface area contributed by atoms with Gasteiger partial charge in [0.1, 0.15) is 0 Å². The molecule has 12 heavy (non-hydrogen) atoms. The highest BCUT2D eigenvalue weighted by Crippen LogP contribution is 2.14. The molecule has 0 N–H and O–H groups in total. The van der Waals surface area contributed by atoms with Gasteiger partial charge in [0.05, 0.1) is 6.61 Å². The monoisotopic (exact) mass is 282 g/mol. The predicted molar refractivity (Wildman–Crippen MR) is 57.3 cm³/mol. The molecule has 1 heterocycles. The fourth-order valence-electron chi connectivity index (χ4n) is 1.10. The van der Waals surface area contributed by atoms with E-state index in [0.29, 0.717) is 6.61 Å². The average molecular weight is 282 g/mol. The Morgan fingerprint density at radius 3 is 3.08 bits per heavy atom. The van der Waals surface area contributed by atoms with Gasteiger partial charge in [-0.1, -0.05) is 22.6 Å². The lowest BCUT2D eigenvalue weighted by molar-refractivity contribution is -0.156. The summed E-state index contributed by atoms with van der Waals surface area (Å²) in [5.41, 5.74) is 1.25. The molecular weight excluding hydrogens is 267 g/mol. The topological polar surface area (TPSA) is 18.5 Å². The molecule has 0 aromatic rings. The van der Waals surface area contributed by atoms with Crippen LogP contribution in [0.2, 0.25) is 0 Å². The van der Waals surface area contributed by atoms with E-state index in [1.807, 2.05) is 4.08 Å². The highest BCUT2D eigenvalue weighted by Gasteiger charge is 2.13. The molecule has 1 atom stereocenters. The summed E-state index contributed by atoms with van der Waals surface area (Å²) >= 11 is 2.22. The lowest BCUT2D eigenvalue weighted by atomic mass is 10.2. The van der Waals surface area contributed by atoms with Crippen LogP contribution in [0.25, 0.3) is 0 Å². The quantitative estimate of drug-likeness (QED) is 0.741. The van der Waals surface area contributed by atoms with Crippen LogP contribution in [0.4, 0.5) is 0 Å². The molecule has 1 aliphatic rings. The van der Waals surface area contributed by atoms with Gasteiger partial charge in [0, 0.05) is 6.61 Å². The minimum absolute atomic E-state index is 0.0463. The van der Waals surface area contributed by atoms with Gasteiger partial charge in [-0.15, -0.1) is 0 Å². The summed E-state index contributed by atoms with van der Waals surface area (Å²) in [6.07, 6.45) is 3.51. The van der Waals surface area contributed by atoms with E-state index in [2.05, 4.69) is 29.5 Å². The van der Waals surface area contributed by atoms with Gasteiger partial charge >= 0.3 is 0 Å². The Bertz CT molecular complexity index is 151. The van der Waals surface area contributed by atoms with Crippen LogP contribution in [0.3, 0.4) is 0 Å². The van der Waals surface area contributed by atoms with Crippen LogP contribution in [-0.2, 0) is 9.47 Å². The van der Waals surface area contributed by atoms with Gasteiger partial charge in [-0.25, -0.2) is 0 Å². The van der Waals surface area contributed by atoms with Crippen LogP contribution < -0.4 is 0 Å². The molecule has 1 saturated heterocycles. The maximum absolute atomic E-state index is 5.54. The number of ether oxygens (including phenoxy) is 2. The zero-order chi connectivity index (χ0) is 8.81. The molecule has 0 spiro atoms. The van der Waals surface area contributed by atoms with Crippen LogP contribution >= 0.6 is 22.6 Å². The van der Waals surface area contributed by atoms with Crippen molar-refractivity contribution in [1.82, 2.24) is 0 Å². The zero-order valence-corrected chi connectivity index (χ0v) is 9.54. The molecule has 0 saturated carbocycles. The van der Waals surface area contributed by atoms with Crippen LogP contribution in [0.5, 0.6) is 0 Å². The Morgan fingerprint density at radius 1 is 1.67 bits per heavy atom. The summed E-state index contributed by atoms with van der Waals surface area (Å²) < 4.78 is 13.0. The molecule has 0 bridgehead atoms. The highest BCUT2D eigenvalue weighted by atomic mass is 127. The SMILES string of the molecule is C/C(=C\I)COC1CCCCO1. The van der Waals surface area contributed by atoms with Gasteiger partial charge in [-0.3, -0.25) is 0 Å². The first-order chi connectivity index (χ1) is 5.83. The Kier molecular flexibility index (Phi) is 5.18. The molecule has 0 aromatic carbocycles. The van der Waals surface area contributed by atoms with Crippen molar-refractivity contribution in [3.63, 3.8) is 0 Å². The van der Waals surface area contributed by atoms with Crippen LogP contribution in [0.15, 0.2) is 9.66 Å². The first-order valence-corrected chi connectivity index (χ1v) is 5.56. The highest BCUT2D eigenvalue weighted by molar-refractivity contribution is 14.1. The predicted octanol–water partition coefficient (Wildman–Crippen LogP) is 2.87. The molecule has 0 aliphatic carbocycles. The summed E-state index contributed by atoms with van der Waals surface area (Å²) in [7, 11) is 0. The molecule has 0 amide bonds. The van der Waals surface area contributed by atoms with E-state index in [9.17, 15) is 0 Å². The van der Waals surface area contributed by atoms with Crippen molar-refractivity contribution in [3.8, 4) is 0 Å². The summed E-state index contributed by atoms with van der Waals surface area (Å²) in [6.45, 7) is 3.63. The van der Waals surface area contributed by atoms with E-state index in [0.717, 1.165) is 13.0 Å². The van der Waals surface area contributed by atoms with Gasteiger partial charge in [0.25, 0.3) is 0 Å². The van der Waals surface area contributed by atoms with E-state index < -0.39 is 0 Å². The van der Waals surface area contributed by atoms with E-state index in [1.165, 1.54) is 18.4 Å². The van der Waals surface area contributed by atoms with Gasteiger partial charge in [0.15, 0.2) is 6.29 Å². The van der Waals surface area contributed by atoms with Crippen molar-refractivity contribution in [1.29, 1.82) is 0 Å². The third-order valence-corrected chi connectivity index (χ3v) is 2.88. The number of rotatable bonds is 3. The zero-order valence-electron chi connectivity index (χ0n) is 7.38. The second-order valence-electron chi connectivity index (χ2n) is 3.06. The average Bonchev–Trinajstić information content (AvgIpc) is 2.16. The molecule has 70 valence electrons. The molecule has 3 heteroatoms. The van der Waals surface area contributed by atoms with Crippen molar-refractivity contribution in [2.24, 2.45) is 0 Å². The molecule has 0 aromatic heterocycles. The Hall–Kier alpha value is 0.390. The standard InChI is InChI=1S/C9H15IO2/c1-8(6-10)7-12-9-4-2-3-5-11-9/h6,9H,2-5,7H2,1H3/b8-6+. The fraction of sp³-hybridized carbons (Fsp3) is 0.778. The van der Waals surface area contributed by atoms with Gasteiger partial charge in [-0.2, -0.15) is 0 Å². The lowest BCUT2D eigenvalue weighted by Crippen LogP contribution is -2.22. The Morgan fingerprint density at radius 2 is 2.50 bits per heavy atom. The van der Waals surface area contributed by atoms with E-state index in [-0.39, 0.29) is 6.29 Å². The third-order valence-electron chi connectivity index (χ3n) is 1.82. The molecule has 0 radical (unpaired) electrons. The maximum Gasteiger partial charge on any atom is 0.158 e. The second kappa shape index (κ2) is 5.94. The first-order valence-electron chi connectivity index (χ1n) is 4.32. The first kappa shape index (κ1) is 10.5. The van der Waals surface area contributed by atoms with E-state index >= 15 is 0 Å². The largest absolute Gasteiger partial charge is 0.353 e. The van der Waals surface area contributed by atoms with Gasteiger partial charge in [-0.05, 0) is 35.8 Å². The molecule has 1 rings (SSSR count). The van der Waals surface area contributed by atoms with Crippen LogP contribution in [-0.4, -0.2) is 19.5 Å². The lowest BCUT2D eigenvalue weighted by Gasteiger charge is -2.22. The maximum atomic E-state index is 5.54. The molecular formula is C9H15IO2. The van der Waals surface area contributed by atoms with Gasteiger partial charge in [0.2, 0.25) is 0 Å². The molecule has 1 fully saturated rings.